The maximum atomic E-state index is 12.1. The second-order valence-electron chi connectivity index (χ2n) is 4.50. The summed E-state index contributed by atoms with van der Waals surface area (Å²) in [5.74, 6) is -0.435. The third kappa shape index (κ3) is 4.03. The van der Waals surface area contributed by atoms with Gasteiger partial charge in [0.15, 0.2) is 9.84 Å². The van der Waals surface area contributed by atoms with E-state index < -0.39 is 15.7 Å². The molecular formula is C14H14N2O4S. The van der Waals surface area contributed by atoms with Crippen molar-refractivity contribution in [3.63, 3.8) is 0 Å². The Kier molecular flexibility index (Phi) is 4.23. The van der Waals surface area contributed by atoms with Gasteiger partial charge in [-0.15, -0.1) is 0 Å². The Morgan fingerprint density at radius 2 is 2.05 bits per heavy atom. The van der Waals surface area contributed by atoms with Gasteiger partial charge in [-0.05, 0) is 6.07 Å². The summed E-state index contributed by atoms with van der Waals surface area (Å²) in [6.45, 7) is 0.0625. The number of hydrogen-bond acceptors (Lipinski definition) is 4. The van der Waals surface area contributed by atoms with Crippen molar-refractivity contribution in [3.8, 4) is 0 Å². The van der Waals surface area contributed by atoms with E-state index >= 15 is 0 Å². The molecule has 110 valence electrons. The highest BCUT2D eigenvalue weighted by Gasteiger charge is 2.10. The number of benzene rings is 1. The molecule has 21 heavy (non-hydrogen) atoms. The van der Waals surface area contributed by atoms with Crippen LogP contribution in [-0.2, 0) is 9.84 Å². The number of para-hydroxylation sites is 1. The molecule has 0 saturated carbocycles. The average Bonchev–Trinajstić information content (AvgIpc) is 2.41. The van der Waals surface area contributed by atoms with Gasteiger partial charge in [0.2, 0.25) is 5.56 Å². The van der Waals surface area contributed by atoms with Crippen LogP contribution in [0, 0.1) is 0 Å². The molecule has 0 aliphatic carbocycles. The number of aromatic amines is 1. The van der Waals surface area contributed by atoms with E-state index in [9.17, 15) is 18.0 Å². The van der Waals surface area contributed by atoms with Crippen LogP contribution in [-0.4, -0.2) is 32.1 Å². The lowest BCUT2D eigenvalue weighted by molar-refractivity contribution is 0.0959. The fourth-order valence-corrected chi connectivity index (χ4v) is 2.31. The molecule has 1 amide bonds. The van der Waals surface area contributed by atoms with Crippen molar-refractivity contribution in [2.24, 2.45) is 0 Å². The van der Waals surface area contributed by atoms with Crippen LogP contribution >= 0.6 is 0 Å². The van der Waals surface area contributed by atoms with Crippen molar-refractivity contribution in [1.29, 1.82) is 0 Å². The summed E-state index contributed by atoms with van der Waals surface area (Å²) >= 11 is 0. The Balaban J connectivity index is 2.24. The normalized spacial score (nSPS) is 11.9. The summed E-state index contributed by atoms with van der Waals surface area (Å²) in [6, 6.07) is 8.18. The molecule has 0 fully saturated rings. The van der Waals surface area contributed by atoms with E-state index in [-0.39, 0.29) is 17.7 Å². The van der Waals surface area contributed by atoms with Gasteiger partial charge in [-0.3, -0.25) is 9.59 Å². The van der Waals surface area contributed by atoms with Crippen molar-refractivity contribution < 1.29 is 13.2 Å². The first-order chi connectivity index (χ1) is 9.87. The molecule has 0 spiro atoms. The molecule has 0 atom stereocenters. The second-order valence-corrected chi connectivity index (χ2v) is 6.44. The van der Waals surface area contributed by atoms with Gasteiger partial charge in [0, 0.05) is 35.2 Å². The highest BCUT2D eigenvalue weighted by molar-refractivity contribution is 7.93. The van der Waals surface area contributed by atoms with E-state index in [1.807, 2.05) is 0 Å². The fraction of sp³-hybridized carbons (Fsp3) is 0.143. The number of pyridine rings is 1. The number of aromatic nitrogens is 1. The van der Waals surface area contributed by atoms with Crippen molar-refractivity contribution in [3.05, 3.63) is 57.7 Å². The zero-order valence-electron chi connectivity index (χ0n) is 11.3. The molecule has 2 N–H and O–H groups in total. The minimum Gasteiger partial charge on any atom is -0.349 e. The van der Waals surface area contributed by atoms with E-state index in [0.29, 0.717) is 10.9 Å². The molecule has 2 aromatic rings. The van der Waals surface area contributed by atoms with Gasteiger partial charge in [0.05, 0.1) is 5.56 Å². The Labute approximate surface area is 121 Å². The molecule has 0 aliphatic rings. The molecule has 0 aliphatic heterocycles. The fourth-order valence-electron chi connectivity index (χ4n) is 1.86. The number of carbonyl (C=O) groups is 1. The number of H-pyrrole nitrogens is 1. The average molecular weight is 306 g/mol. The SMILES string of the molecule is CS(=O)(=O)/C=C/CNC(=O)c1cc(=O)[nH]c2ccccc12. The minimum atomic E-state index is -3.21. The van der Waals surface area contributed by atoms with Crippen molar-refractivity contribution >= 4 is 26.6 Å². The van der Waals surface area contributed by atoms with Gasteiger partial charge in [0.1, 0.15) is 0 Å². The molecular weight excluding hydrogens is 292 g/mol. The summed E-state index contributed by atoms with van der Waals surface area (Å²) in [7, 11) is -3.21. The van der Waals surface area contributed by atoms with Gasteiger partial charge >= 0.3 is 0 Å². The Morgan fingerprint density at radius 1 is 1.33 bits per heavy atom. The zero-order valence-corrected chi connectivity index (χ0v) is 12.1. The molecule has 6 nitrogen and oxygen atoms in total. The Bertz CT molecular complexity index is 866. The quantitative estimate of drug-likeness (QED) is 0.874. The number of rotatable bonds is 4. The highest BCUT2D eigenvalue weighted by atomic mass is 32.2. The summed E-state index contributed by atoms with van der Waals surface area (Å²) < 4.78 is 21.8. The molecule has 2 rings (SSSR count). The van der Waals surface area contributed by atoms with Crippen LogP contribution in [0.5, 0.6) is 0 Å². The highest BCUT2D eigenvalue weighted by Crippen LogP contribution is 2.14. The van der Waals surface area contributed by atoms with Gasteiger partial charge < -0.3 is 10.3 Å². The van der Waals surface area contributed by atoms with Crippen LogP contribution in [0.1, 0.15) is 10.4 Å². The molecule has 0 unspecified atom stereocenters. The lowest BCUT2D eigenvalue weighted by Crippen LogP contribution is -2.25. The monoisotopic (exact) mass is 306 g/mol. The summed E-state index contributed by atoms with van der Waals surface area (Å²) in [4.78, 5) is 26.3. The van der Waals surface area contributed by atoms with Crippen molar-refractivity contribution in [2.45, 2.75) is 0 Å². The first-order valence-electron chi connectivity index (χ1n) is 6.14. The molecule has 1 aromatic carbocycles. The maximum Gasteiger partial charge on any atom is 0.252 e. The summed E-state index contributed by atoms with van der Waals surface area (Å²) in [5, 5.41) is 4.19. The van der Waals surface area contributed by atoms with Crippen LogP contribution in [0.4, 0.5) is 0 Å². The topological polar surface area (TPSA) is 96.1 Å². The first-order valence-corrected chi connectivity index (χ1v) is 8.09. The van der Waals surface area contributed by atoms with Crippen molar-refractivity contribution in [1.82, 2.24) is 10.3 Å². The van der Waals surface area contributed by atoms with Crippen LogP contribution in [0.3, 0.4) is 0 Å². The standard InChI is InChI=1S/C14H14N2O4S/c1-21(19,20)8-4-7-15-14(18)11-9-13(17)16-12-6-3-2-5-10(11)12/h2-6,8-9H,7H2,1H3,(H,15,18)(H,16,17)/b8-4+. The smallest absolute Gasteiger partial charge is 0.252 e. The number of carbonyl (C=O) groups excluding carboxylic acids is 1. The number of hydrogen-bond donors (Lipinski definition) is 2. The maximum absolute atomic E-state index is 12.1. The zero-order chi connectivity index (χ0) is 15.5. The molecule has 7 heteroatoms. The predicted octanol–water partition coefficient (Wildman–Crippen LogP) is 0.816. The number of nitrogens with one attached hydrogen (secondary N) is 2. The Morgan fingerprint density at radius 3 is 2.76 bits per heavy atom. The third-order valence-corrected chi connectivity index (χ3v) is 3.41. The first kappa shape index (κ1) is 15.0. The van der Waals surface area contributed by atoms with Gasteiger partial charge in [-0.25, -0.2) is 8.42 Å². The summed E-state index contributed by atoms with van der Waals surface area (Å²) in [5.41, 5.74) is 0.453. The predicted molar refractivity (Wildman–Crippen MR) is 80.9 cm³/mol. The molecule has 0 bridgehead atoms. The number of amides is 1. The third-order valence-electron chi connectivity index (χ3n) is 2.72. The van der Waals surface area contributed by atoms with Crippen LogP contribution in [0.15, 0.2) is 46.6 Å². The van der Waals surface area contributed by atoms with E-state index in [2.05, 4.69) is 10.3 Å². The van der Waals surface area contributed by atoms with Crippen molar-refractivity contribution in [2.75, 3.05) is 12.8 Å². The lowest BCUT2D eigenvalue weighted by atomic mass is 10.1. The molecule has 1 aromatic heterocycles. The Hall–Kier alpha value is -2.41. The summed E-state index contributed by atoms with van der Waals surface area (Å²) in [6.07, 6.45) is 2.40. The second kappa shape index (κ2) is 5.92. The van der Waals surface area contributed by atoms with Crippen LogP contribution in [0.2, 0.25) is 0 Å². The minimum absolute atomic E-state index is 0.0625. The van der Waals surface area contributed by atoms with Gasteiger partial charge in [0.25, 0.3) is 5.91 Å². The number of sulfone groups is 1. The lowest BCUT2D eigenvalue weighted by Gasteiger charge is -2.06. The van der Waals surface area contributed by atoms with E-state index in [0.717, 1.165) is 11.7 Å². The molecule has 0 radical (unpaired) electrons. The van der Waals surface area contributed by atoms with E-state index in [1.165, 1.54) is 12.1 Å². The van der Waals surface area contributed by atoms with Crippen LogP contribution in [0.25, 0.3) is 10.9 Å². The van der Waals surface area contributed by atoms with Gasteiger partial charge in [-0.1, -0.05) is 24.3 Å². The largest absolute Gasteiger partial charge is 0.349 e. The number of fused-ring (bicyclic) bond motifs is 1. The molecule has 1 heterocycles. The molecule has 0 saturated heterocycles. The van der Waals surface area contributed by atoms with E-state index in [1.54, 1.807) is 24.3 Å². The van der Waals surface area contributed by atoms with Crippen LogP contribution < -0.4 is 10.9 Å². The van der Waals surface area contributed by atoms with Gasteiger partial charge in [-0.2, -0.15) is 0 Å². The van der Waals surface area contributed by atoms with E-state index in [4.69, 9.17) is 0 Å².